The van der Waals surface area contributed by atoms with Crippen LogP contribution in [0.15, 0.2) is 46.6 Å². The molecule has 3 aliphatic rings. The van der Waals surface area contributed by atoms with Crippen molar-refractivity contribution in [2.24, 2.45) is 0 Å². The highest BCUT2D eigenvalue weighted by atomic mass is 32.2. The molecule has 1 aliphatic carbocycles. The quantitative estimate of drug-likeness (QED) is 0.596. The number of rotatable bonds is 6. The van der Waals surface area contributed by atoms with Gasteiger partial charge in [0, 0.05) is 32.2 Å². The van der Waals surface area contributed by atoms with E-state index in [1.807, 2.05) is 30.0 Å². The standard InChI is InChI=1S/C25H32N2O2S/c1-3-18-29-22-11-9-20(10-12-22)23-13-8-19(2)24(30-23)25(28)27-16-14-26(15-17-27)21-6-4-5-7-21/h8-12,21H,3-7,14-18H2,1-2H3. The Morgan fingerprint density at radius 1 is 1.13 bits per heavy atom. The van der Waals surface area contributed by atoms with Crippen molar-refractivity contribution in [3.63, 3.8) is 0 Å². The van der Waals surface area contributed by atoms with Crippen LogP contribution in [-0.4, -0.2) is 54.5 Å². The van der Waals surface area contributed by atoms with Crippen molar-refractivity contribution < 1.29 is 9.53 Å². The number of piperazine rings is 1. The molecule has 160 valence electrons. The fourth-order valence-electron chi connectivity index (χ4n) is 4.43. The first kappa shape index (κ1) is 21.3. The lowest BCUT2D eigenvalue weighted by Gasteiger charge is -2.38. The third-order valence-corrected chi connectivity index (χ3v) is 7.47. The van der Waals surface area contributed by atoms with Crippen LogP contribution < -0.4 is 4.74 Å². The van der Waals surface area contributed by atoms with Crippen molar-refractivity contribution in [2.45, 2.75) is 52.0 Å². The molecule has 0 bridgehead atoms. The molecule has 1 aromatic carbocycles. The second kappa shape index (κ2) is 9.91. The molecule has 1 saturated heterocycles. The number of ether oxygens (including phenoxy) is 1. The first-order chi connectivity index (χ1) is 14.7. The van der Waals surface area contributed by atoms with Crippen molar-refractivity contribution in [3.8, 4) is 5.75 Å². The summed E-state index contributed by atoms with van der Waals surface area (Å²) < 4.78 is 5.68. The Morgan fingerprint density at radius 2 is 1.83 bits per heavy atom. The molecular weight excluding hydrogens is 392 g/mol. The van der Waals surface area contributed by atoms with Gasteiger partial charge in [0.2, 0.25) is 0 Å². The smallest absolute Gasteiger partial charge is 0.261 e. The molecule has 2 fully saturated rings. The minimum atomic E-state index is 0.168. The van der Waals surface area contributed by atoms with Gasteiger partial charge in [0.1, 0.15) is 5.75 Å². The van der Waals surface area contributed by atoms with Gasteiger partial charge >= 0.3 is 0 Å². The Morgan fingerprint density at radius 3 is 2.50 bits per heavy atom. The van der Waals surface area contributed by atoms with Gasteiger partial charge in [-0.3, -0.25) is 9.69 Å². The summed E-state index contributed by atoms with van der Waals surface area (Å²) in [5, 5.41) is 0. The van der Waals surface area contributed by atoms with E-state index in [9.17, 15) is 4.79 Å². The SMILES string of the molecule is CCCOc1ccc(C2=C=CC(C)=C(C(=O)N3CCN(C4CCCC4)CC3)S2)cc1. The fourth-order valence-corrected chi connectivity index (χ4v) is 5.44. The van der Waals surface area contributed by atoms with Gasteiger partial charge in [0.05, 0.1) is 16.4 Å². The van der Waals surface area contributed by atoms with E-state index in [2.05, 4.69) is 29.7 Å². The van der Waals surface area contributed by atoms with E-state index in [1.165, 1.54) is 25.7 Å². The van der Waals surface area contributed by atoms with Gasteiger partial charge in [0.25, 0.3) is 5.91 Å². The Balaban J connectivity index is 1.38. The Bertz CT molecular complexity index is 854. The van der Waals surface area contributed by atoms with Crippen LogP contribution in [0.25, 0.3) is 4.91 Å². The van der Waals surface area contributed by atoms with Gasteiger partial charge in [-0.25, -0.2) is 0 Å². The van der Waals surface area contributed by atoms with Gasteiger partial charge in [-0.2, -0.15) is 0 Å². The number of carbonyl (C=O) groups is 1. The van der Waals surface area contributed by atoms with E-state index in [-0.39, 0.29) is 5.91 Å². The molecular formula is C25H32N2O2S. The monoisotopic (exact) mass is 424 g/mol. The van der Waals surface area contributed by atoms with E-state index in [0.29, 0.717) is 0 Å². The van der Waals surface area contributed by atoms with E-state index in [4.69, 9.17) is 4.74 Å². The second-order valence-corrected chi connectivity index (χ2v) is 9.39. The van der Waals surface area contributed by atoms with Crippen LogP contribution in [0.5, 0.6) is 5.75 Å². The molecule has 0 spiro atoms. The summed E-state index contributed by atoms with van der Waals surface area (Å²) in [5.41, 5.74) is 5.44. The second-order valence-electron chi connectivity index (χ2n) is 8.37. The van der Waals surface area contributed by atoms with Crippen molar-refractivity contribution >= 4 is 22.6 Å². The zero-order valence-electron chi connectivity index (χ0n) is 18.2. The van der Waals surface area contributed by atoms with Crippen molar-refractivity contribution in [1.29, 1.82) is 0 Å². The van der Waals surface area contributed by atoms with Crippen LogP contribution >= 0.6 is 11.8 Å². The topological polar surface area (TPSA) is 32.8 Å². The highest BCUT2D eigenvalue weighted by Crippen LogP contribution is 2.39. The Hall–Kier alpha value is -1.94. The fraction of sp³-hybridized carbons (Fsp3) is 0.520. The zero-order chi connectivity index (χ0) is 20.9. The normalized spacial score (nSPS) is 20.6. The maximum atomic E-state index is 13.3. The van der Waals surface area contributed by atoms with Crippen LogP contribution in [0, 0.1) is 0 Å². The number of benzene rings is 1. The predicted octanol–water partition coefficient (Wildman–Crippen LogP) is 5.08. The first-order valence-electron chi connectivity index (χ1n) is 11.3. The molecule has 5 heteroatoms. The molecule has 4 nitrogen and oxygen atoms in total. The number of hydrogen-bond donors (Lipinski definition) is 0. The van der Waals surface area contributed by atoms with E-state index in [1.54, 1.807) is 11.8 Å². The van der Waals surface area contributed by atoms with Crippen LogP contribution in [-0.2, 0) is 4.79 Å². The first-order valence-corrected chi connectivity index (χ1v) is 12.1. The largest absolute Gasteiger partial charge is 0.494 e. The van der Waals surface area contributed by atoms with Gasteiger partial charge in [-0.15, -0.1) is 5.73 Å². The van der Waals surface area contributed by atoms with Gasteiger partial charge in [0.15, 0.2) is 0 Å². The summed E-state index contributed by atoms with van der Waals surface area (Å²) in [6.07, 6.45) is 8.33. The Labute approximate surface area is 184 Å². The molecule has 1 amide bonds. The zero-order valence-corrected chi connectivity index (χ0v) is 19.0. The maximum Gasteiger partial charge on any atom is 0.261 e. The summed E-state index contributed by atoms with van der Waals surface area (Å²) in [6.45, 7) is 8.52. The number of thioether (sulfide) groups is 1. The van der Waals surface area contributed by atoms with Gasteiger partial charge in [-0.05, 0) is 67.7 Å². The molecule has 0 N–H and O–H groups in total. The van der Waals surface area contributed by atoms with Crippen LogP contribution in [0.1, 0.15) is 51.5 Å². The van der Waals surface area contributed by atoms with Crippen LogP contribution in [0.4, 0.5) is 0 Å². The molecule has 2 heterocycles. The minimum absolute atomic E-state index is 0.168. The van der Waals surface area contributed by atoms with Crippen LogP contribution in [0.3, 0.4) is 0 Å². The minimum Gasteiger partial charge on any atom is -0.494 e. The molecule has 1 aromatic rings. The van der Waals surface area contributed by atoms with Gasteiger partial charge < -0.3 is 9.64 Å². The number of carbonyl (C=O) groups excluding carboxylic acids is 1. The lowest BCUT2D eigenvalue weighted by Crippen LogP contribution is -2.51. The summed E-state index contributed by atoms with van der Waals surface area (Å²) >= 11 is 1.55. The molecule has 2 aliphatic heterocycles. The summed E-state index contributed by atoms with van der Waals surface area (Å²) in [5.74, 6) is 1.05. The summed E-state index contributed by atoms with van der Waals surface area (Å²) in [6, 6.07) is 8.84. The predicted molar refractivity (Wildman–Crippen MR) is 124 cm³/mol. The number of hydrogen-bond acceptors (Lipinski definition) is 4. The summed E-state index contributed by atoms with van der Waals surface area (Å²) in [7, 11) is 0. The lowest BCUT2D eigenvalue weighted by atomic mass is 10.1. The molecule has 0 radical (unpaired) electrons. The van der Waals surface area contributed by atoms with E-state index >= 15 is 0 Å². The molecule has 4 rings (SSSR count). The van der Waals surface area contributed by atoms with Crippen molar-refractivity contribution in [2.75, 3.05) is 32.8 Å². The molecule has 30 heavy (non-hydrogen) atoms. The van der Waals surface area contributed by atoms with Crippen molar-refractivity contribution in [1.82, 2.24) is 9.80 Å². The van der Waals surface area contributed by atoms with Crippen molar-refractivity contribution in [3.05, 3.63) is 52.1 Å². The number of allylic oxidation sites excluding steroid dienone is 2. The number of nitrogens with zero attached hydrogens (tertiary/aromatic N) is 2. The lowest BCUT2D eigenvalue weighted by molar-refractivity contribution is -0.128. The van der Waals surface area contributed by atoms with E-state index in [0.717, 1.165) is 71.9 Å². The molecule has 0 atom stereocenters. The van der Waals surface area contributed by atoms with E-state index < -0.39 is 0 Å². The molecule has 0 unspecified atom stereocenters. The maximum absolute atomic E-state index is 13.3. The molecule has 0 aromatic heterocycles. The third-order valence-electron chi connectivity index (χ3n) is 6.21. The third kappa shape index (κ3) is 4.85. The average molecular weight is 425 g/mol. The summed E-state index contributed by atoms with van der Waals surface area (Å²) in [4.78, 5) is 19.8. The average Bonchev–Trinajstić information content (AvgIpc) is 3.33. The highest BCUT2D eigenvalue weighted by molar-refractivity contribution is 8.12. The van der Waals surface area contributed by atoms with Crippen LogP contribution in [0.2, 0.25) is 0 Å². The highest BCUT2D eigenvalue weighted by Gasteiger charge is 2.30. The van der Waals surface area contributed by atoms with Gasteiger partial charge in [-0.1, -0.05) is 31.5 Å². The molecule has 1 saturated carbocycles. The Kier molecular flexibility index (Phi) is 7.04. The number of amides is 1.